The van der Waals surface area contributed by atoms with Crippen LogP contribution in [0.4, 0.5) is 18.9 Å². The number of alkyl halides is 3. The van der Waals surface area contributed by atoms with Crippen LogP contribution in [0.2, 0.25) is 0 Å². The van der Waals surface area contributed by atoms with E-state index in [-0.39, 0.29) is 32.2 Å². The van der Waals surface area contributed by atoms with Gasteiger partial charge in [0.05, 0.1) is 6.67 Å². The van der Waals surface area contributed by atoms with Crippen LogP contribution < -0.4 is 10.2 Å². The summed E-state index contributed by atoms with van der Waals surface area (Å²) in [6.45, 7) is 1.41. The topological polar surface area (TPSA) is 59.1 Å². The smallest absolute Gasteiger partial charge is 0.339 e. The van der Waals surface area contributed by atoms with Crippen LogP contribution in [-0.2, 0) is 9.59 Å². The van der Waals surface area contributed by atoms with Crippen molar-refractivity contribution in [3.05, 3.63) is 30.3 Å². The second-order valence-corrected chi connectivity index (χ2v) is 8.57. The van der Waals surface area contributed by atoms with E-state index in [1.54, 1.807) is 0 Å². The fourth-order valence-corrected chi connectivity index (χ4v) is 4.88. The normalized spacial score (nSPS) is 24.8. The van der Waals surface area contributed by atoms with Crippen LogP contribution in [0.3, 0.4) is 0 Å². The highest BCUT2D eigenvalue weighted by molar-refractivity contribution is 5.96. The zero-order valence-electron chi connectivity index (χ0n) is 17.6. The third kappa shape index (κ3) is 4.10. The molecule has 0 saturated carbocycles. The lowest BCUT2D eigenvalue weighted by atomic mass is 9.86. The van der Waals surface area contributed by atoms with Gasteiger partial charge in [0, 0.05) is 25.3 Å². The maximum Gasteiger partial charge on any atom is 0.405 e. The van der Waals surface area contributed by atoms with Crippen LogP contribution in [0.5, 0.6) is 0 Å². The number of piperidine rings is 1. The molecule has 10 heteroatoms. The second kappa shape index (κ2) is 8.31. The van der Waals surface area contributed by atoms with Crippen molar-refractivity contribution in [1.82, 2.24) is 20.0 Å². The van der Waals surface area contributed by atoms with Gasteiger partial charge in [0.15, 0.2) is 0 Å². The number of nitrogens with zero attached hydrogens (tertiary/aromatic N) is 4. The number of hydrogen-bond acceptors (Lipinski definition) is 5. The maximum atomic E-state index is 13.5. The predicted molar refractivity (Wildman–Crippen MR) is 109 cm³/mol. The van der Waals surface area contributed by atoms with Crippen LogP contribution in [0.15, 0.2) is 30.3 Å². The van der Waals surface area contributed by atoms with Gasteiger partial charge in [-0.15, -0.1) is 0 Å². The number of para-hydroxylation sites is 1. The van der Waals surface area contributed by atoms with Crippen molar-refractivity contribution in [2.75, 3.05) is 57.9 Å². The van der Waals surface area contributed by atoms with Crippen molar-refractivity contribution >= 4 is 17.5 Å². The summed E-state index contributed by atoms with van der Waals surface area (Å²) in [5.74, 6) is -0.553. The minimum atomic E-state index is -4.40. The Labute approximate surface area is 179 Å². The molecule has 1 aromatic rings. The summed E-state index contributed by atoms with van der Waals surface area (Å²) >= 11 is 0. The highest BCUT2D eigenvalue weighted by Gasteiger charge is 2.53. The molecule has 0 aromatic heterocycles. The van der Waals surface area contributed by atoms with Gasteiger partial charge in [-0.3, -0.25) is 14.5 Å². The first-order valence-electron chi connectivity index (χ1n) is 10.6. The molecule has 170 valence electrons. The number of carbonyl (C=O) groups is 2. The van der Waals surface area contributed by atoms with Crippen LogP contribution >= 0.6 is 0 Å². The molecular weight excluding hydrogens is 411 g/mol. The Hall–Kier alpha value is -2.33. The number of likely N-dealkylation sites (N-methyl/N-ethyl adjacent to an activating group) is 1. The number of nitrogens with one attached hydrogen (secondary N) is 1. The molecule has 1 N–H and O–H groups in total. The Morgan fingerprint density at radius 1 is 1.16 bits per heavy atom. The van der Waals surface area contributed by atoms with Crippen molar-refractivity contribution < 1.29 is 22.8 Å². The van der Waals surface area contributed by atoms with Gasteiger partial charge in [0.25, 0.3) is 0 Å². The van der Waals surface area contributed by atoms with E-state index in [9.17, 15) is 22.8 Å². The Kier molecular flexibility index (Phi) is 5.87. The lowest BCUT2D eigenvalue weighted by Gasteiger charge is -2.40. The molecule has 0 radical (unpaired) electrons. The molecule has 4 rings (SSSR count). The molecule has 0 bridgehead atoms. The van der Waals surface area contributed by atoms with Crippen molar-refractivity contribution in [1.29, 1.82) is 0 Å². The number of halogens is 3. The van der Waals surface area contributed by atoms with E-state index in [4.69, 9.17) is 0 Å². The zero-order valence-corrected chi connectivity index (χ0v) is 17.6. The van der Waals surface area contributed by atoms with Crippen molar-refractivity contribution in [3.8, 4) is 0 Å². The number of piperazine rings is 1. The number of benzene rings is 1. The van der Waals surface area contributed by atoms with Crippen molar-refractivity contribution in [3.63, 3.8) is 0 Å². The van der Waals surface area contributed by atoms with Crippen LogP contribution in [0.25, 0.3) is 0 Å². The summed E-state index contributed by atoms with van der Waals surface area (Å²) < 4.78 is 39.9. The molecule has 7 nitrogen and oxygen atoms in total. The van der Waals surface area contributed by atoms with E-state index in [0.717, 1.165) is 5.69 Å². The minimum Gasteiger partial charge on any atom is -0.339 e. The van der Waals surface area contributed by atoms with E-state index in [1.807, 2.05) is 35.2 Å². The molecule has 1 atom stereocenters. The summed E-state index contributed by atoms with van der Waals surface area (Å²) in [4.78, 5) is 32.4. The Bertz CT molecular complexity index is 813. The molecule has 1 spiro atoms. The highest BCUT2D eigenvalue weighted by Crippen LogP contribution is 2.38. The number of amides is 2. The monoisotopic (exact) mass is 439 g/mol. The average Bonchev–Trinajstić information content (AvgIpc) is 3.00. The van der Waals surface area contributed by atoms with Gasteiger partial charge in [-0.25, -0.2) is 0 Å². The van der Waals surface area contributed by atoms with Gasteiger partial charge in [-0.2, -0.15) is 13.2 Å². The van der Waals surface area contributed by atoms with Crippen molar-refractivity contribution in [2.45, 2.75) is 30.6 Å². The average molecular weight is 439 g/mol. The molecular formula is C21H28F3N5O2. The van der Waals surface area contributed by atoms with Gasteiger partial charge in [-0.1, -0.05) is 18.2 Å². The fraction of sp³-hybridized carbons (Fsp3) is 0.619. The Balaban J connectivity index is 1.51. The molecule has 3 saturated heterocycles. The number of carbonyl (C=O) groups excluding carboxylic acids is 2. The first-order chi connectivity index (χ1) is 14.7. The van der Waals surface area contributed by atoms with E-state index in [0.29, 0.717) is 25.9 Å². The first kappa shape index (κ1) is 21.9. The molecule has 2 amide bonds. The van der Waals surface area contributed by atoms with Crippen molar-refractivity contribution in [2.24, 2.45) is 0 Å². The van der Waals surface area contributed by atoms with Crippen LogP contribution in [-0.4, -0.2) is 97.3 Å². The summed E-state index contributed by atoms with van der Waals surface area (Å²) in [6.07, 6.45) is -3.16. The summed E-state index contributed by atoms with van der Waals surface area (Å²) in [6, 6.07) is 7.92. The second-order valence-electron chi connectivity index (χ2n) is 8.57. The Morgan fingerprint density at radius 3 is 2.48 bits per heavy atom. The molecule has 1 aromatic carbocycles. The fourth-order valence-electron chi connectivity index (χ4n) is 4.88. The van der Waals surface area contributed by atoms with Gasteiger partial charge in [-0.05, 0) is 45.1 Å². The standard InChI is InChI=1S/C21H28F3N5O2/c1-26-11-12-27(13-17(26)21(22,23)24)18(30)14-28-15-29(16-5-3-2-4-6-16)20(19(28)31)7-9-25-10-8-20/h2-6,17,25H,7-15H2,1H3. The van der Waals surface area contributed by atoms with Gasteiger partial charge >= 0.3 is 6.18 Å². The van der Waals surface area contributed by atoms with E-state index in [2.05, 4.69) is 5.32 Å². The molecule has 31 heavy (non-hydrogen) atoms. The third-order valence-electron chi connectivity index (χ3n) is 6.72. The molecule has 0 aliphatic carbocycles. The molecule has 3 fully saturated rings. The van der Waals surface area contributed by atoms with E-state index < -0.39 is 30.2 Å². The predicted octanol–water partition coefficient (Wildman–Crippen LogP) is 1.12. The third-order valence-corrected chi connectivity index (χ3v) is 6.72. The minimum absolute atomic E-state index is 0.118. The van der Waals surface area contributed by atoms with Crippen LogP contribution in [0, 0.1) is 0 Å². The zero-order chi connectivity index (χ0) is 22.2. The summed E-state index contributed by atoms with van der Waals surface area (Å²) in [7, 11) is 1.42. The van der Waals surface area contributed by atoms with Crippen LogP contribution in [0.1, 0.15) is 12.8 Å². The number of hydrogen-bond donors (Lipinski definition) is 1. The molecule has 3 aliphatic rings. The summed E-state index contributed by atoms with van der Waals surface area (Å²) in [5.41, 5.74) is 0.188. The van der Waals surface area contributed by atoms with Gasteiger partial charge in [0.1, 0.15) is 18.1 Å². The lowest BCUT2D eigenvalue weighted by molar-refractivity contribution is -0.194. The largest absolute Gasteiger partial charge is 0.405 e. The SMILES string of the molecule is CN1CCN(C(=O)CN2CN(c3ccccc3)C3(CCNCC3)C2=O)CC1C(F)(F)F. The number of anilines is 1. The van der Waals surface area contributed by atoms with Gasteiger partial charge < -0.3 is 20.0 Å². The number of rotatable bonds is 3. The highest BCUT2D eigenvalue weighted by atomic mass is 19.4. The lowest BCUT2D eigenvalue weighted by Crippen LogP contribution is -2.60. The van der Waals surface area contributed by atoms with E-state index >= 15 is 0 Å². The molecule has 3 heterocycles. The Morgan fingerprint density at radius 2 is 1.84 bits per heavy atom. The quantitative estimate of drug-likeness (QED) is 0.765. The van der Waals surface area contributed by atoms with E-state index in [1.165, 1.54) is 21.7 Å². The first-order valence-corrected chi connectivity index (χ1v) is 10.6. The molecule has 1 unspecified atom stereocenters. The molecule has 3 aliphatic heterocycles. The summed E-state index contributed by atoms with van der Waals surface area (Å²) in [5, 5.41) is 3.28. The van der Waals surface area contributed by atoms with Gasteiger partial charge in [0.2, 0.25) is 11.8 Å². The maximum absolute atomic E-state index is 13.5.